The number of nitrogens with zero attached hydrogens (tertiary/aromatic N) is 7. The van der Waals surface area contributed by atoms with E-state index in [0.717, 1.165) is 46.9 Å². The Morgan fingerprint density at radius 3 is 1.89 bits per heavy atom. The molecule has 0 unspecified atom stereocenters. The van der Waals surface area contributed by atoms with Gasteiger partial charge in [0, 0.05) is 42.0 Å². The molecule has 5 aromatic carbocycles. The first kappa shape index (κ1) is 66.4. The van der Waals surface area contributed by atoms with Gasteiger partial charge in [0.15, 0.2) is 26.9 Å². The van der Waals surface area contributed by atoms with Crippen molar-refractivity contribution in [1.29, 1.82) is 5.26 Å². The Hall–Kier alpha value is -8.17. The minimum Gasteiger partial charge on any atom is -0.506 e. The summed E-state index contributed by atoms with van der Waals surface area (Å²) in [5.41, 5.74) is 7.63. The lowest BCUT2D eigenvalue weighted by Crippen LogP contribution is -2.29. The molecule has 3 aliphatic heterocycles. The molecular formula is C64H69Br2N7O13S. The summed E-state index contributed by atoms with van der Waals surface area (Å²) < 4.78 is 46.4. The van der Waals surface area contributed by atoms with Gasteiger partial charge in [0.1, 0.15) is 23.5 Å². The molecule has 0 amide bonds. The van der Waals surface area contributed by atoms with E-state index in [4.69, 9.17) is 29.1 Å². The number of oxime groups is 2. The van der Waals surface area contributed by atoms with Crippen molar-refractivity contribution >= 4 is 70.8 Å². The van der Waals surface area contributed by atoms with E-state index in [2.05, 4.69) is 80.2 Å². The molecule has 20 nitrogen and oxygen atoms in total. The van der Waals surface area contributed by atoms with Gasteiger partial charge < -0.3 is 34.1 Å². The molecule has 23 heteroatoms. The predicted octanol–water partition coefficient (Wildman–Crippen LogP) is 11.0. The number of aryl methyl sites for hydroxylation is 4. The number of aromatic hydroxyl groups is 2. The van der Waals surface area contributed by atoms with Crippen molar-refractivity contribution in [2.24, 2.45) is 22.8 Å². The minimum atomic E-state index is -3.52. The molecule has 0 fully saturated rings. The predicted molar refractivity (Wildman–Crippen MR) is 335 cm³/mol. The monoisotopic (exact) mass is 1330 g/mol. The van der Waals surface area contributed by atoms with Gasteiger partial charge in [0.2, 0.25) is 11.8 Å². The second kappa shape index (κ2) is 28.6. The number of hydrogen-bond donors (Lipinski definition) is 2. The highest BCUT2D eigenvalue weighted by molar-refractivity contribution is 9.11. The third-order valence-corrected chi connectivity index (χ3v) is 16.7. The molecule has 2 N–H and O–H groups in total. The van der Waals surface area contributed by atoms with Crippen molar-refractivity contribution in [3.63, 3.8) is 0 Å². The highest BCUT2D eigenvalue weighted by Crippen LogP contribution is 2.42. The van der Waals surface area contributed by atoms with Crippen LogP contribution in [-0.2, 0) is 77.2 Å². The molecule has 10 rings (SSSR count). The number of carbonyl (C=O) groups excluding carboxylic acids is 3. The van der Waals surface area contributed by atoms with Crippen LogP contribution in [0.3, 0.4) is 0 Å². The fraction of sp³-hybridized carbons (Fsp3) is 0.344. The van der Waals surface area contributed by atoms with Crippen molar-refractivity contribution in [3.05, 3.63) is 178 Å². The van der Waals surface area contributed by atoms with Crippen LogP contribution in [0.15, 0.2) is 132 Å². The standard InChI is InChI=1S/C23H32N2O4.C18H17NO3.C16H17N3O5S.C7H3Br2NO/c1-7-16-13-15(3)14-17(8-2)18(16)19-20(26)24-9-11-28-12-10-25(24)21(19)29-22(27)23(4,5)6;1-2-21-17(20)16-13-18(22-19-16,14-9-5-3-6-10-14)15-11-7-4-8-12-15;1-9-10(15(20)11-8-17-19(2)16(11)21)4-5-13(25(3,22)23)14(9)12-6-7-24-18-12;8-5-1-4(3-10)2-6(9)7(5)11/h13-14H,7-12H2,1-6H3;3-12H,2,13H2,1H3;4-5,8,21H,6-7H2,1-3H3;1-2,11H. The number of benzene rings is 5. The molecule has 458 valence electrons. The summed E-state index contributed by atoms with van der Waals surface area (Å²) in [6.07, 6.45) is 4.79. The highest BCUT2D eigenvalue weighted by Gasteiger charge is 2.45. The van der Waals surface area contributed by atoms with Crippen molar-refractivity contribution in [1.82, 2.24) is 19.1 Å². The van der Waals surface area contributed by atoms with Crippen molar-refractivity contribution in [3.8, 4) is 34.7 Å². The van der Waals surface area contributed by atoms with Crippen LogP contribution < -0.4 is 10.3 Å². The largest absolute Gasteiger partial charge is 0.506 e. The fourth-order valence-electron chi connectivity index (χ4n) is 9.89. The third kappa shape index (κ3) is 15.0. The van der Waals surface area contributed by atoms with E-state index < -0.39 is 32.6 Å². The van der Waals surface area contributed by atoms with Crippen LogP contribution in [0.25, 0.3) is 11.1 Å². The van der Waals surface area contributed by atoms with Crippen LogP contribution in [0.1, 0.15) is 115 Å². The zero-order valence-corrected chi connectivity index (χ0v) is 54.1. The molecule has 0 spiro atoms. The van der Waals surface area contributed by atoms with Crippen LogP contribution in [-0.4, -0.2) is 99.6 Å². The second-order valence-electron chi connectivity index (χ2n) is 21.5. The molecule has 0 aliphatic carbocycles. The summed E-state index contributed by atoms with van der Waals surface area (Å²) in [6.45, 7) is 17.7. The van der Waals surface area contributed by atoms with Crippen molar-refractivity contribution < 1.29 is 56.9 Å². The zero-order chi connectivity index (χ0) is 63.5. The van der Waals surface area contributed by atoms with Gasteiger partial charge in [-0.25, -0.2) is 27.3 Å². The fourth-order valence-corrected chi connectivity index (χ4v) is 12.0. The second-order valence-corrected chi connectivity index (χ2v) is 25.2. The Morgan fingerprint density at radius 2 is 1.39 bits per heavy atom. The van der Waals surface area contributed by atoms with Gasteiger partial charge in [0.25, 0.3) is 5.56 Å². The van der Waals surface area contributed by atoms with E-state index in [1.165, 1.54) is 35.6 Å². The SMILES string of the molecule is CCOC(=O)C1=NOC(c2ccccc2)(c2ccccc2)C1.CCc1cc(C)cc(CC)c1-c1c(OC(=O)C(C)(C)C)n2n(c1=O)CCOCC2.Cc1c(C(=O)c2cnn(C)c2O)ccc(S(C)(=O)=O)c1C1=NOCC1.N#Cc1cc(Br)c(O)c(Br)c1. The van der Waals surface area contributed by atoms with E-state index in [-0.39, 0.29) is 39.2 Å². The van der Waals surface area contributed by atoms with Crippen molar-refractivity contribution in [2.45, 2.75) is 105 Å². The van der Waals surface area contributed by atoms with Crippen LogP contribution in [0.2, 0.25) is 0 Å². The molecule has 0 radical (unpaired) electrons. The Bertz CT molecular complexity index is 3900. The van der Waals surface area contributed by atoms with Gasteiger partial charge in [-0.15, -0.1) is 0 Å². The number of halogens is 2. The Balaban J connectivity index is 0.000000173. The van der Waals surface area contributed by atoms with Gasteiger partial charge in [-0.1, -0.05) is 103 Å². The van der Waals surface area contributed by atoms with Crippen LogP contribution in [0, 0.1) is 30.6 Å². The number of nitriles is 1. The molecule has 0 saturated carbocycles. The quantitative estimate of drug-likeness (QED) is 0.0851. The minimum absolute atomic E-state index is 0.0493. The van der Waals surface area contributed by atoms with Gasteiger partial charge in [-0.2, -0.15) is 10.4 Å². The number of fused-ring (bicyclic) bond motifs is 1. The maximum absolute atomic E-state index is 13.5. The number of carbonyl (C=O) groups is 3. The molecule has 7 aromatic rings. The number of esters is 2. The first-order chi connectivity index (χ1) is 41.3. The smallest absolute Gasteiger partial charge is 0.356 e. The lowest BCUT2D eigenvalue weighted by atomic mass is 9.82. The first-order valence-corrected chi connectivity index (χ1v) is 31.4. The number of hydrogen-bond acceptors (Lipinski definition) is 17. The molecule has 0 atom stereocenters. The lowest BCUT2D eigenvalue weighted by molar-refractivity contribution is -0.143. The maximum atomic E-state index is 13.5. The summed E-state index contributed by atoms with van der Waals surface area (Å²) >= 11 is 6.21. The topological polar surface area (TPSA) is 265 Å². The first-order valence-electron chi connectivity index (χ1n) is 28.0. The average molecular weight is 1340 g/mol. The maximum Gasteiger partial charge on any atom is 0.356 e. The molecule has 87 heavy (non-hydrogen) atoms. The summed E-state index contributed by atoms with van der Waals surface area (Å²) in [7, 11) is -2.00. The molecule has 2 aromatic heterocycles. The van der Waals surface area contributed by atoms with Gasteiger partial charge >= 0.3 is 11.9 Å². The molecule has 0 bridgehead atoms. The summed E-state index contributed by atoms with van der Waals surface area (Å²) in [5.74, 6) is -1.01. The molecule has 0 saturated heterocycles. The Morgan fingerprint density at radius 1 is 0.805 bits per heavy atom. The van der Waals surface area contributed by atoms with Gasteiger partial charge in [-0.3, -0.25) is 14.4 Å². The Labute approximate surface area is 522 Å². The lowest BCUT2D eigenvalue weighted by Gasteiger charge is -2.27. The van der Waals surface area contributed by atoms with E-state index in [9.17, 15) is 37.8 Å². The zero-order valence-electron chi connectivity index (χ0n) is 50.1. The molecular weight excluding hydrogens is 1270 g/mol. The summed E-state index contributed by atoms with van der Waals surface area (Å²) in [6, 6.07) is 31.8. The number of ketones is 1. The third-order valence-electron chi connectivity index (χ3n) is 14.3. The van der Waals surface area contributed by atoms with Crippen molar-refractivity contribution in [2.75, 3.05) is 32.7 Å². The highest BCUT2D eigenvalue weighted by atomic mass is 79.9. The number of sulfone groups is 1. The summed E-state index contributed by atoms with van der Waals surface area (Å²) in [4.78, 5) is 62.0. The Kier molecular flexibility index (Phi) is 21.8. The van der Waals surface area contributed by atoms with E-state index in [1.54, 1.807) is 35.3 Å². The van der Waals surface area contributed by atoms with E-state index >= 15 is 0 Å². The number of rotatable bonds is 12. The van der Waals surface area contributed by atoms with E-state index in [0.29, 0.717) is 101 Å². The number of phenols is 1. The normalized spacial score (nSPS) is 14.1. The number of ether oxygens (including phenoxy) is 3. The van der Waals surface area contributed by atoms with Crippen LogP contribution >= 0.6 is 31.9 Å². The number of aromatic nitrogens is 4. The van der Waals surface area contributed by atoms with E-state index in [1.807, 2.05) is 87.5 Å². The average Bonchev–Trinajstić information content (AvgIpc) is 1.80. The van der Waals surface area contributed by atoms with Gasteiger partial charge in [-0.05, 0) is 133 Å². The number of phenolic OH excluding ortho intramolecular Hbond substituents is 1. The molecule has 3 aliphatic rings. The van der Waals surface area contributed by atoms with Crippen LogP contribution in [0.4, 0.5) is 0 Å². The van der Waals surface area contributed by atoms with Crippen LogP contribution in [0.5, 0.6) is 17.5 Å². The summed E-state index contributed by atoms with van der Waals surface area (Å²) in [5, 5.41) is 39.5. The van der Waals surface area contributed by atoms with Gasteiger partial charge in [0.05, 0.1) is 82.1 Å². The molecule has 5 heterocycles.